The van der Waals surface area contributed by atoms with Crippen molar-refractivity contribution in [2.24, 2.45) is 0 Å². The molecule has 0 atom stereocenters. The van der Waals surface area contributed by atoms with Crippen molar-refractivity contribution in [3.8, 4) is 28.2 Å². The number of sulfone groups is 1. The molecular formula is C25H19N5O3S. The largest absolute Gasteiger partial charge is 0.369 e. The van der Waals surface area contributed by atoms with E-state index in [1.54, 1.807) is 67.0 Å². The van der Waals surface area contributed by atoms with Gasteiger partial charge in [-0.05, 0) is 48.0 Å². The van der Waals surface area contributed by atoms with Gasteiger partial charge in [-0.3, -0.25) is 14.8 Å². The molecule has 2 aromatic carbocycles. The number of fused-ring (bicyclic) bond motifs is 1. The fourth-order valence-corrected chi connectivity index (χ4v) is 4.64. The molecule has 0 unspecified atom stereocenters. The maximum absolute atomic E-state index is 13.3. The lowest BCUT2D eigenvalue weighted by molar-refractivity contribution is 0.602. The fraction of sp³-hybridized carbons (Fsp3) is 0.0400. The number of para-hydroxylation sites is 1. The Morgan fingerprint density at radius 1 is 0.882 bits per heavy atom. The molecule has 0 aliphatic carbocycles. The number of benzene rings is 2. The molecule has 0 amide bonds. The lowest BCUT2D eigenvalue weighted by Gasteiger charge is -2.12. The molecule has 34 heavy (non-hydrogen) atoms. The normalized spacial score (nSPS) is 11.6. The third-order valence-corrected chi connectivity index (χ3v) is 6.51. The highest BCUT2D eigenvalue weighted by atomic mass is 32.2. The molecule has 0 bridgehead atoms. The summed E-state index contributed by atoms with van der Waals surface area (Å²) in [6.45, 7) is 0. The molecular weight excluding hydrogens is 450 g/mol. The molecule has 5 aromatic rings. The van der Waals surface area contributed by atoms with Gasteiger partial charge in [0, 0.05) is 24.2 Å². The van der Waals surface area contributed by atoms with Crippen LogP contribution in [0, 0.1) is 0 Å². The Bertz CT molecular complexity index is 1700. The number of hydrogen-bond acceptors (Lipinski definition) is 7. The second-order valence-corrected chi connectivity index (χ2v) is 9.72. The van der Waals surface area contributed by atoms with Crippen LogP contribution in [0.15, 0.2) is 94.9 Å². The Labute approximate surface area is 195 Å². The van der Waals surface area contributed by atoms with E-state index in [1.807, 2.05) is 18.2 Å². The first-order valence-electron chi connectivity index (χ1n) is 10.3. The summed E-state index contributed by atoms with van der Waals surface area (Å²) in [6, 6.07) is 20.9. The van der Waals surface area contributed by atoms with Crippen molar-refractivity contribution < 1.29 is 8.42 Å². The van der Waals surface area contributed by atoms with E-state index in [0.717, 1.165) is 6.26 Å². The van der Waals surface area contributed by atoms with Crippen molar-refractivity contribution in [2.75, 3.05) is 12.0 Å². The van der Waals surface area contributed by atoms with E-state index in [1.165, 1.54) is 4.57 Å². The summed E-state index contributed by atoms with van der Waals surface area (Å²) in [7, 11) is -3.61. The van der Waals surface area contributed by atoms with Crippen LogP contribution in [0.1, 0.15) is 0 Å². The van der Waals surface area contributed by atoms with Gasteiger partial charge in [-0.15, -0.1) is 0 Å². The van der Waals surface area contributed by atoms with Gasteiger partial charge in [-0.2, -0.15) is 0 Å². The van der Waals surface area contributed by atoms with E-state index in [9.17, 15) is 13.2 Å². The average molecular weight is 470 g/mol. The second-order valence-electron chi connectivity index (χ2n) is 7.74. The van der Waals surface area contributed by atoms with E-state index >= 15 is 0 Å². The summed E-state index contributed by atoms with van der Waals surface area (Å²) in [6.07, 6.45) is 4.28. The van der Waals surface area contributed by atoms with E-state index in [0.29, 0.717) is 33.4 Å². The van der Waals surface area contributed by atoms with Crippen molar-refractivity contribution in [1.29, 1.82) is 0 Å². The van der Waals surface area contributed by atoms with Crippen molar-refractivity contribution in [3.63, 3.8) is 0 Å². The molecule has 168 valence electrons. The van der Waals surface area contributed by atoms with Gasteiger partial charge in [0.2, 0.25) is 5.95 Å². The van der Waals surface area contributed by atoms with Gasteiger partial charge in [0.25, 0.3) is 5.56 Å². The van der Waals surface area contributed by atoms with Gasteiger partial charge in [-0.1, -0.05) is 30.3 Å². The minimum Gasteiger partial charge on any atom is -0.369 e. The smallest absolute Gasteiger partial charge is 0.267 e. The number of anilines is 1. The first-order valence-corrected chi connectivity index (χ1v) is 12.2. The lowest BCUT2D eigenvalue weighted by Crippen LogP contribution is -2.23. The molecule has 8 nitrogen and oxygen atoms in total. The molecule has 9 heteroatoms. The Morgan fingerprint density at radius 2 is 1.65 bits per heavy atom. The lowest BCUT2D eigenvalue weighted by atomic mass is 10.0. The minimum absolute atomic E-state index is 0.0564. The molecule has 0 saturated heterocycles. The zero-order valence-corrected chi connectivity index (χ0v) is 18.9. The van der Waals surface area contributed by atoms with Crippen LogP contribution in [0.2, 0.25) is 0 Å². The Kier molecular flexibility index (Phi) is 5.18. The molecule has 2 N–H and O–H groups in total. The van der Waals surface area contributed by atoms with Crippen LogP contribution in [0.3, 0.4) is 0 Å². The summed E-state index contributed by atoms with van der Waals surface area (Å²) in [5, 5.41) is 0.352. The summed E-state index contributed by atoms with van der Waals surface area (Å²) in [5.74, 6) is 0.0807. The zero-order valence-electron chi connectivity index (χ0n) is 18.1. The maximum Gasteiger partial charge on any atom is 0.267 e. The van der Waals surface area contributed by atoms with Crippen LogP contribution in [-0.2, 0) is 9.84 Å². The molecule has 0 aliphatic heterocycles. The minimum atomic E-state index is -3.61. The number of nitrogens with zero attached hydrogens (tertiary/aromatic N) is 4. The molecule has 0 spiro atoms. The molecule has 0 aliphatic rings. The van der Waals surface area contributed by atoms with Crippen LogP contribution in [0.5, 0.6) is 0 Å². The van der Waals surface area contributed by atoms with Crippen LogP contribution < -0.4 is 11.3 Å². The monoisotopic (exact) mass is 469 g/mol. The first-order chi connectivity index (χ1) is 16.3. The van der Waals surface area contributed by atoms with Crippen molar-refractivity contribution in [3.05, 3.63) is 95.5 Å². The Morgan fingerprint density at radius 3 is 2.35 bits per heavy atom. The number of rotatable bonds is 4. The number of pyridine rings is 2. The number of hydrogen-bond donors (Lipinski definition) is 1. The highest BCUT2D eigenvalue weighted by molar-refractivity contribution is 7.90. The number of nitrogens with two attached hydrogens (primary N) is 1. The van der Waals surface area contributed by atoms with E-state index in [2.05, 4.69) is 15.0 Å². The van der Waals surface area contributed by atoms with Gasteiger partial charge >= 0.3 is 0 Å². The van der Waals surface area contributed by atoms with Gasteiger partial charge in [-0.25, -0.2) is 18.0 Å². The van der Waals surface area contributed by atoms with Gasteiger partial charge in [0.05, 0.1) is 27.2 Å². The third-order valence-electron chi connectivity index (χ3n) is 5.40. The van der Waals surface area contributed by atoms with Crippen LogP contribution in [0.4, 0.5) is 5.95 Å². The summed E-state index contributed by atoms with van der Waals surface area (Å²) >= 11 is 0. The average Bonchev–Trinajstić information content (AvgIpc) is 2.84. The summed E-state index contributed by atoms with van der Waals surface area (Å²) in [4.78, 5) is 26.4. The van der Waals surface area contributed by atoms with Gasteiger partial charge < -0.3 is 5.73 Å². The molecule has 0 radical (unpaired) electrons. The maximum atomic E-state index is 13.3. The van der Waals surface area contributed by atoms with Crippen LogP contribution >= 0.6 is 0 Å². The standard InChI is InChI=1S/C25H19N5O3S/c1-34(32,33)22-14-17(15-28-23(22)21-9-5-6-12-27-21)16-10-11-20-19(13-16)24(31)30(25(26)29-20)18-7-3-2-4-8-18/h2-15H,1H3,(H2,26,29). The predicted molar refractivity (Wildman–Crippen MR) is 131 cm³/mol. The molecule has 0 fully saturated rings. The van der Waals surface area contributed by atoms with Crippen LogP contribution in [-0.4, -0.2) is 34.2 Å². The number of aromatic nitrogens is 4. The summed E-state index contributed by atoms with van der Waals surface area (Å²) < 4.78 is 26.5. The van der Waals surface area contributed by atoms with E-state index < -0.39 is 9.84 Å². The van der Waals surface area contributed by atoms with Crippen LogP contribution in [0.25, 0.3) is 39.1 Å². The molecule has 0 saturated carbocycles. The van der Waals surface area contributed by atoms with E-state index in [-0.39, 0.29) is 22.1 Å². The fourth-order valence-electron chi connectivity index (χ4n) is 3.79. The zero-order chi connectivity index (χ0) is 23.9. The number of nitrogen functional groups attached to an aromatic ring is 1. The quantitative estimate of drug-likeness (QED) is 0.428. The first kappa shape index (κ1) is 21.5. The summed E-state index contributed by atoms with van der Waals surface area (Å²) in [5.41, 5.74) is 8.70. The van der Waals surface area contributed by atoms with Crippen molar-refractivity contribution >= 4 is 26.7 Å². The third kappa shape index (κ3) is 3.82. The Hall–Kier alpha value is -4.37. The van der Waals surface area contributed by atoms with E-state index in [4.69, 9.17) is 5.73 Å². The highest BCUT2D eigenvalue weighted by Gasteiger charge is 2.19. The van der Waals surface area contributed by atoms with Gasteiger partial charge in [0.15, 0.2) is 9.84 Å². The molecule has 3 aromatic heterocycles. The molecule has 3 heterocycles. The Balaban J connectivity index is 1.70. The predicted octanol–water partition coefficient (Wildman–Crippen LogP) is 3.50. The van der Waals surface area contributed by atoms with Crippen molar-refractivity contribution in [2.45, 2.75) is 4.90 Å². The topological polar surface area (TPSA) is 121 Å². The van der Waals surface area contributed by atoms with Gasteiger partial charge in [0.1, 0.15) is 5.69 Å². The molecule has 5 rings (SSSR count). The second kappa shape index (κ2) is 8.20. The SMILES string of the molecule is CS(=O)(=O)c1cc(-c2ccc3nc(N)n(-c4ccccc4)c(=O)c3c2)cnc1-c1ccccn1. The van der Waals surface area contributed by atoms with Crippen molar-refractivity contribution in [1.82, 2.24) is 19.5 Å². The highest BCUT2D eigenvalue weighted by Crippen LogP contribution is 2.30.